The minimum absolute atomic E-state index is 0.0206. The van der Waals surface area contributed by atoms with Crippen molar-refractivity contribution in [2.45, 2.75) is 6.73 Å². The summed E-state index contributed by atoms with van der Waals surface area (Å²) in [7, 11) is 0. The molecule has 1 N–H and O–H groups in total. The number of aromatic carboxylic acids is 1. The van der Waals surface area contributed by atoms with Crippen LogP contribution in [-0.4, -0.2) is 20.9 Å². The van der Waals surface area contributed by atoms with Crippen molar-refractivity contribution in [3.63, 3.8) is 0 Å². The zero-order chi connectivity index (χ0) is 12.3. The first-order chi connectivity index (χ1) is 8.16. The molecule has 0 amide bonds. The minimum Gasteiger partial charge on any atom is -0.476 e. The van der Waals surface area contributed by atoms with Crippen molar-refractivity contribution in [2.75, 3.05) is 0 Å². The molecule has 1 aromatic heterocycles. The first-order valence-corrected chi connectivity index (χ1v) is 5.18. The Morgan fingerprint density at radius 2 is 2.18 bits per heavy atom. The Morgan fingerprint density at radius 1 is 1.41 bits per heavy atom. The van der Waals surface area contributed by atoms with Crippen molar-refractivity contribution in [2.24, 2.45) is 0 Å². The summed E-state index contributed by atoms with van der Waals surface area (Å²) in [5.74, 6) is -0.539. The van der Waals surface area contributed by atoms with Crippen LogP contribution in [0.1, 0.15) is 10.5 Å². The largest absolute Gasteiger partial charge is 0.476 e. The van der Waals surface area contributed by atoms with Gasteiger partial charge in [0.2, 0.25) is 0 Å². The van der Waals surface area contributed by atoms with E-state index in [4.69, 9.17) is 21.4 Å². The maximum atomic E-state index is 10.6. The van der Waals surface area contributed by atoms with E-state index < -0.39 is 5.97 Å². The van der Waals surface area contributed by atoms with E-state index in [1.54, 1.807) is 24.3 Å². The summed E-state index contributed by atoms with van der Waals surface area (Å²) in [6, 6.07) is 8.43. The molecule has 0 saturated carbocycles. The lowest BCUT2D eigenvalue weighted by atomic mass is 10.3. The molecule has 88 valence electrons. The molecule has 0 unspecified atom stereocenters. The van der Waals surface area contributed by atoms with Gasteiger partial charge in [-0.2, -0.15) is 5.10 Å². The van der Waals surface area contributed by atoms with Crippen LogP contribution in [0.15, 0.2) is 36.5 Å². The number of nitrogens with zero attached hydrogens (tertiary/aromatic N) is 2. The third-order valence-corrected chi connectivity index (χ3v) is 2.36. The van der Waals surface area contributed by atoms with Crippen LogP contribution >= 0.6 is 11.6 Å². The molecule has 0 aliphatic heterocycles. The number of carboxylic acids is 1. The Labute approximate surface area is 102 Å². The molecule has 0 aliphatic carbocycles. The van der Waals surface area contributed by atoms with Crippen molar-refractivity contribution >= 4 is 17.6 Å². The number of halogens is 1. The van der Waals surface area contributed by atoms with E-state index in [0.717, 1.165) is 0 Å². The predicted molar refractivity (Wildman–Crippen MR) is 61.3 cm³/mol. The quantitative estimate of drug-likeness (QED) is 0.907. The maximum Gasteiger partial charge on any atom is 0.356 e. The lowest BCUT2D eigenvalue weighted by molar-refractivity contribution is 0.0688. The smallest absolute Gasteiger partial charge is 0.356 e. The summed E-state index contributed by atoms with van der Waals surface area (Å²) in [4.78, 5) is 10.6. The fraction of sp³-hybridized carbons (Fsp3) is 0.0909. The number of ether oxygens (including phenoxy) is 1. The van der Waals surface area contributed by atoms with E-state index in [9.17, 15) is 4.79 Å². The van der Waals surface area contributed by atoms with E-state index in [0.29, 0.717) is 10.8 Å². The topological polar surface area (TPSA) is 64.3 Å². The first kappa shape index (κ1) is 11.5. The van der Waals surface area contributed by atoms with Crippen LogP contribution in [0.3, 0.4) is 0 Å². The molecule has 2 aromatic rings. The molecule has 1 aromatic carbocycles. The van der Waals surface area contributed by atoms with E-state index in [1.165, 1.54) is 16.9 Å². The molecule has 0 atom stereocenters. The van der Waals surface area contributed by atoms with Crippen molar-refractivity contribution in [3.8, 4) is 5.75 Å². The van der Waals surface area contributed by atoms with Crippen LogP contribution < -0.4 is 4.74 Å². The third-order valence-electron chi connectivity index (χ3n) is 2.05. The Kier molecular flexibility index (Phi) is 3.30. The average molecular weight is 253 g/mol. The van der Waals surface area contributed by atoms with Gasteiger partial charge in [0.05, 0.1) is 5.02 Å². The summed E-state index contributed by atoms with van der Waals surface area (Å²) in [5, 5.41) is 13.0. The van der Waals surface area contributed by atoms with Gasteiger partial charge < -0.3 is 9.84 Å². The maximum absolute atomic E-state index is 10.6. The highest BCUT2D eigenvalue weighted by molar-refractivity contribution is 6.32. The monoisotopic (exact) mass is 252 g/mol. The summed E-state index contributed by atoms with van der Waals surface area (Å²) in [6.45, 7) is 0.108. The zero-order valence-corrected chi connectivity index (χ0v) is 9.46. The molecule has 5 nitrogen and oxygen atoms in total. The number of aromatic nitrogens is 2. The zero-order valence-electron chi connectivity index (χ0n) is 8.71. The lowest BCUT2D eigenvalue weighted by Crippen LogP contribution is -2.07. The molecule has 0 spiro atoms. The number of hydrogen-bond acceptors (Lipinski definition) is 3. The van der Waals surface area contributed by atoms with Crippen LogP contribution in [0.2, 0.25) is 5.02 Å². The van der Waals surface area contributed by atoms with Gasteiger partial charge in [0.25, 0.3) is 0 Å². The van der Waals surface area contributed by atoms with Gasteiger partial charge in [0.1, 0.15) is 5.75 Å². The number of hydrogen-bond donors (Lipinski definition) is 1. The van der Waals surface area contributed by atoms with Crippen molar-refractivity contribution in [1.29, 1.82) is 0 Å². The normalized spacial score (nSPS) is 10.2. The first-order valence-electron chi connectivity index (χ1n) is 4.81. The minimum atomic E-state index is -1.07. The number of carbonyl (C=O) groups is 1. The fourth-order valence-electron chi connectivity index (χ4n) is 1.25. The number of rotatable bonds is 4. The molecule has 0 fully saturated rings. The highest BCUT2D eigenvalue weighted by Crippen LogP contribution is 2.23. The van der Waals surface area contributed by atoms with Gasteiger partial charge in [-0.25, -0.2) is 9.48 Å². The highest BCUT2D eigenvalue weighted by Gasteiger charge is 2.07. The molecular weight excluding hydrogens is 244 g/mol. The second-order valence-corrected chi connectivity index (χ2v) is 3.66. The van der Waals surface area contributed by atoms with E-state index >= 15 is 0 Å². The molecule has 17 heavy (non-hydrogen) atoms. The van der Waals surface area contributed by atoms with Gasteiger partial charge in [-0.1, -0.05) is 23.7 Å². The molecular formula is C11H9ClN2O3. The number of para-hydroxylation sites is 1. The molecule has 0 radical (unpaired) electrons. The van der Waals surface area contributed by atoms with Crippen LogP contribution in [0.4, 0.5) is 0 Å². The van der Waals surface area contributed by atoms with E-state index in [1.807, 2.05) is 0 Å². The molecule has 0 bridgehead atoms. The summed E-state index contributed by atoms with van der Waals surface area (Å²) in [5.41, 5.74) is -0.0206. The van der Waals surface area contributed by atoms with E-state index in [2.05, 4.69) is 5.10 Å². The molecule has 0 saturated heterocycles. The Bertz CT molecular complexity index is 539. The molecule has 1 heterocycles. The average Bonchev–Trinajstić information content (AvgIpc) is 2.77. The van der Waals surface area contributed by atoms with Crippen molar-refractivity contribution < 1.29 is 14.6 Å². The number of benzene rings is 1. The Hall–Kier alpha value is -2.01. The molecule has 2 rings (SSSR count). The summed E-state index contributed by atoms with van der Waals surface area (Å²) in [6.07, 6.45) is 1.53. The predicted octanol–water partition coefficient (Wildman–Crippen LogP) is 2.27. The fourth-order valence-corrected chi connectivity index (χ4v) is 1.44. The SMILES string of the molecule is O=C(O)c1ccn(COc2ccccc2Cl)n1. The van der Waals surface area contributed by atoms with Crippen LogP contribution in [0.5, 0.6) is 5.75 Å². The van der Waals surface area contributed by atoms with Gasteiger partial charge in [-0.15, -0.1) is 0 Å². The second-order valence-electron chi connectivity index (χ2n) is 3.25. The van der Waals surface area contributed by atoms with Crippen LogP contribution in [0.25, 0.3) is 0 Å². The third kappa shape index (κ3) is 2.76. The van der Waals surface area contributed by atoms with Crippen molar-refractivity contribution in [3.05, 3.63) is 47.2 Å². The van der Waals surface area contributed by atoms with Gasteiger partial charge >= 0.3 is 5.97 Å². The van der Waals surface area contributed by atoms with Crippen molar-refractivity contribution in [1.82, 2.24) is 9.78 Å². The standard InChI is InChI=1S/C11H9ClN2O3/c12-8-3-1-2-4-10(8)17-7-14-6-5-9(13-14)11(15)16/h1-6H,7H2,(H,15,16). The number of carboxylic acid groups (broad SMARTS) is 1. The molecule has 6 heteroatoms. The van der Waals surface area contributed by atoms with Crippen LogP contribution in [-0.2, 0) is 6.73 Å². The molecule has 0 aliphatic rings. The van der Waals surface area contributed by atoms with Gasteiger partial charge in [0.15, 0.2) is 12.4 Å². The lowest BCUT2D eigenvalue weighted by Gasteiger charge is -2.07. The van der Waals surface area contributed by atoms with Crippen LogP contribution in [0, 0.1) is 0 Å². The Balaban J connectivity index is 2.02. The highest BCUT2D eigenvalue weighted by atomic mass is 35.5. The summed E-state index contributed by atoms with van der Waals surface area (Å²) >= 11 is 5.90. The van der Waals surface area contributed by atoms with Gasteiger partial charge in [-0.3, -0.25) is 0 Å². The van der Waals surface area contributed by atoms with Gasteiger partial charge in [0, 0.05) is 6.20 Å². The van der Waals surface area contributed by atoms with E-state index in [-0.39, 0.29) is 12.4 Å². The Morgan fingerprint density at radius 3 is 2.82 bits per heavy atom. The second kappa shape index (κ2) is 4.88. The van der Waals surface area contributed by atoms with Gasteiger partial charge in [-0.05, 0) is 18.2 Å². The summed E-state index contributed by atoms with van der Waals surface area (Å²) < 4.78 is 6.77.